The molecule has 1 fully saturated rings. The Bertz CT molecular complexity index is 864. The summed E-state index contributed by atoms with van der Waals surface area (Å²) in [5, 5.41) is 16.3. The van der Waals surface area contributed by atoms with E-state index >= 15 is 0 Å². The lowest BCUT2D eigenvalue weighted by Gasteiger charge is -2.30. The van der Waals surface area contributed by atoms with E-state index in [1.54, 1.807) is 12.1 Å². The highest BCUT2D eigenvalue weighted by molar-refractivity contribution is 7.92. The third-order valence-corrected chi connectivity index (χ3v) is 6.79. The molecule has 2 N–H and O–H groups in total. The van der Waals surface area contributed by atoms with Crippen LogP contribution in [-0.2, 0) is 19.4 Å². The first-order valence-electron chi connectivity index (χ1n) is 8.10. The summed E-state index contributed by atoms with van der Waals surface area (Å²) in [5.41, 5.74) is 1.84. The number of sulfone groups is 1. The van der Waals surface area contributed by atoms with Crippen LogP contribution in [0.3, 0.4) is 0 Å². The molecule has 1 amide bonds. The van der Waals surface area contributed by atoms with Gasteiger partial charge in [0.1, 0.15) is 0 Å². The molecule has 1 aliphatic heterocycles. The summed E-state index contributed by atoms with van der Waals surface area (Å²) >= 11 is 0. The van der Waals surface area contributed by atoms with Crippen LogP contribution in [0.2, 0.25) is 0 Å². The fraction of sp³-hybridized carbons (Fsp3) is 0.278. The predicted molar refractivity (Wildman–Crippen MR) is 92.2 cm³/mol. The largest absolute Gasteiger partial charge is 0.381 e. The van der Waals surface area contributed by atoms with Gasteiger partial charge >= 0.3 is 0 Å². The molecule has 0 spiro atoms. The molecule has 26 heavy (non-hydrogen) atoms. The number of benzene rings is 2. The molecule has 1 heterocycles. The topological polar surface area (TPSA) is 104 Å². The number of rotatable bonds is 4. The van der Waals surface area contributed by atoms with E-state index in [0.29, 0.717) is 0 Å². The van der Waals surface area contributed by atoms with Crippen LogP contribution in [0.4, 0.5) is 0 Å². The van der Waals surface area contributed by atoms with Crippen molar-refractivity contribution in [2.75, 3.05) is 13.2 Å². The van der Waals surface area contributed by atoms with Gasteiger partial charge in [-0.2, -0.15) is 0 Å². The van der Waals surface area contributed by atoms with E-state index in [-0.39, 0.29) is 24.5 Å². The highest BCUT2D eigenvalue weighted by Crippen LogP contribution is 2.30. The molecular weight excluding hydrogens is 358 g/mol. The number of amides is 1. The summed E-state index contributed by atoms with van der Waals surface area (Å²) in [5.74, 6) is -2.27. The monoisotopic (exact) mass is 377 g/mol. The van der Waals surface area contributed by atoms with Gasteiger partial charge in [0.25, 0.3) is 5.91 Å². The summed E-state index contributed by atoms with van der Waals surface area (Å²) in [7, 11) is -3.84. The zero-order valence-corrected chi connectivity index (χ0v) is 14.7. The van der Waals surface area contributed by atoms with E-state index in [9.17, 15) is 13.2 Å². The van der Waals surface area contributed by atoms with Crippen molar-refractivity contribution in [1.82, 2.24) is 5.23 Å². The van der Waals surface area contributed by atoms with Crippen molar-refractivity contribution in [2.24, 2.45) is 5.92 Å². The molecule has 8 heteroatoms. The number of hydrogen-bond acceptors (Lipinski definition) is 6. The maximum absolute atomic E-state index is 13.0. The highest BCUT2D eigenvalue weighted by Gasteiger charge is 2.42. The van der Waals surface area contributed by atoms with Gasteiger partial charge in [-0.25, -0.2) is 8.42 Å². The minimum atomic E-state index is -3.84. The van der Waals surface area contributed by atoms with Gasteiger partial charge in [0.15, 0.2) is 9.84 Å². The molecule has 2 unspecified atom stereocenters. The Balaban J connectivity index is 1.90. The van der Waals surface area contributed by atoms with Crippen LogP contribution >= 0.6 is 0 Å². The van der Waals surface area contributed by atoms with E-state index in [4.69, 9.17) is 15.2 Å². The molecule has 0 aliphatic carbocycles. The fourth-order valence-electron chi connectivity index (χ4n) is 3.11. The van der Waals surface area contributed by atoms with Crippen LogP contribution in [0.25, 0.3) is 11.1 Å². The number of hydroxylamine groups is 2. The zero-order chi connectivity index (χ0) is 18.7. The molecule has 0 saturated carbocycles. The average Bonchev–Trinajstić information content (AvgIpc) is 2.68. The molecule has 0 radical (unpaired) electrons. The summed E-state index contributed by atoms with van der Waals surface area (Å²) in [4.78, 5) is 12.0. The number of carbonyl (C=O) groups excluding carboxylic acids is 1. The molecule has 1 aliphatic rings. The van der Waals surface area contributed by atoms with Crippen molar-refractivity contribution < 1.29 is 28.4 Å². The van der Waals surface area contributed by atoms with Crippen LogP contribution in [0.15, 0.2) is 59.5 Å². The lowest BCUT2D eigenvalue weighted by molar-refractivity contribution is -0.289. The lowest BCUT2D eigenvalue weighted by Crippen LogP contribution is -2.46. The van der Waals surface area contributed by atoms with Crippen LogP contribution in [0.5, 0.6) is 0 Å². The highest BCUT2D eigenvalue weighted by atomic mass is 32.2. The predicted octanol–water partition coefficient (Wildman–Crippen LogP) is 2.14. The molecule has 7 nitrogen and oxygen atoms in total. The maximum Gasteiger partial charge on any atom is 0.279 e. The van der Waals surface area contributed by atoms with Crippen LogP contribution in [-0.4, -0.2) is 48.4 Å². The van der Waals surface area contributed by atoms with Gasteiger partial charge in [0, 0.05) is 6.61 Å². The minimum absolute atomic E-state index is 0.0873. The van der Waals surface area contributed by atoms with E-state index in [1.165, 1.54) is 12.1 Å². The van der Waals surface area contributed by atoms with Crippen LogP contribution < -0.4 is 0 Å². The molecule has 2 aromatic carbocycles. The van der Waals surface area contributed by atoms with Crippen molar-refractivity contribution in [2.45, 2.75) is 16.6 Å². The van der Waals surface area contributed by atoms with Gasteiger partial charge < -0.3 is 4.74 Å². The van der Waals surface area contributed by atoms with Crippen LogP contribution in [0, 0.1) is 5.92 Å². The maximum atomic E-state index is 13.0. The van der Waals surface area contributed by atoms with Gasteiger partial charge in [-0.15, -0.1) is 0 Å². The SMILES string of the molecule is O=C(C1COCCC1S(=O)(=O)c1ccc(-c2ccccc2)cc1)N(O)O. The molecule has 0 bridgehead atoms. The lowest BCUT2D eigenvalue weighted by atomic mass is 10.0. The van der Waals surface area contributed by atoms with Crippen molar-refractivity contribution >= 4 is 15.7 Å². The molecular formula is C18H19NO6S. The Morgan fingerprint density at radius 3 is 2.23 bits per heavy atom. The van der Waals surface area contributed by atoms with Gasteiger partial charge in [-0.3, -0.25) is 15.2 Å². The third-order valence-electron chi connectivity index (χ3n) is 4.50. The summed E-state index contributed by atoms with van der Waals surface area (Å²) in [6, 6.07) is 16.0. The van der Waals surface area contributed by atoms with E-state index in [2.05, 4.69) is 0 Å². The van der Waals surface area contributed by atoms with E-state index < -0.39 is 32.1 Å². The minimum Gasteiger partial charge on any atom is -0.381 e. The first-order valence-corrected chi connectivity index (χ1v) is 9.65. The molecule has 0 aromatic heterocycles. The molecule has 138 valence electrons. The molecule has 2 atom stereocenters. The first kappa shape index (κ1) is 18.5. The fourth-order valence-corrected chi connectivity index (χ4v) is 5.01. The Kier molecular flexibility index (Phi) is 5.38. The molecule has 1 saturated heterocycles. The van der Waals surface area contributed by atoms with Crippen LogP contribution in [0.1, 0.15) is 6.42 Å². The number of ether oxygens (including phenoxy) is 1. The number of nitrogens with zero attached hydrogens (tertiary/aromatic N) is 1. The zero-order valence-electron chi connectivity index (χ0n) is 13.9. The summed E-state index contributed by atoms with van der Waals surface area (Å²) in [6.45, 7) is 0.00901. The molecule has 3 rings (SSSR count). The van der Waals surface area contributed by atoms with Crippen molar-refractivity contribution in [3.8, 4) is 11.1 Å². The van der Waals surface area contributed by atoms with Gasteiger partial charge in [0.2, 0.25) is 0 Å². The average molecular weight is 377 g/mol. The van der Waals surface area contributed by atoms with Gasteiger partial charge in [-0.1, -0.05) is 47.7 Å². The second-order valence-corrected chi connectivity index (χ2v) is 8.24. The second-order valence-electron chi connectivity index (χ2n) is 6.07. The molecule has 2 aromatic rings. The van der Waals surface area contributed by atoms with Crippen molar-refractivity contribution in [1.29, 1.82) is 0 Å². The smallest absolute Gasteiger partial charge is 0.279 e. The Morgan fingerprint density at radius 1 is 1.00 bits per heavy atom. The third kappa shape index (κ3) is 3.63. The number of carbonyl (C=O) groups is 1. The Hall–Kier alpha value is -2.26. The normalized spacial score (nSPS) is 20.5. The van der Waals surface area contributed by atoms with E-state index in [1.807, 2.05) is 30.3 Å². The second kappa shape index (κ2) is 7.55. The number of hydrogen-bond donors (Lipinski definition) is 2. The summed E-state index contributed by atoms with van der Waals surface area (Å²) < 4.78 is 31.1. The van der Waals surface area contributed by atoms with E-state index in [0.717, 1.165) is 11.1 Å². The Labute approximate surface area is 151 Å². The summed E-state index contributed by atoms with van der Waals surface area (Å²) in [6.07, 6.45) is 0.104. The quantitative estimate of drug-likeness (QED) is 0.625. The van der Waals surface area contributed by atoms with Gasteiger partial charge in [0.05, 0.1) is 22.7 Å². The van der Waals surface area contributed by atoms with Crippen molar-refractivity contribution in [3.63, 3.8) is 0 Å². The standard InChI is InChI=1S/C18H19NO6S/c20-18(19(21)22)16-12-25-11-10-17(16)26(23,24)15-8-6-14(7-9-15)13-4-2-1-3-5-13/h1-9,16-17,21-22H,10-12H2. The van der Waals surface area contributed by atoms with Gasteiger partial charge in [-0.05, 0) is 29.7 Å². The Morgan fingerprint density at radius 2 is 1.62 bits per heavy atom. The van der Waals surface area contributed by atoms with Crippen molar-refractivity contribution in [3.05, 3.63) is 54.6 Å². The first-order chi connectivity index (χ1) is 12.4.